The predicted molar refractivity (Wildman–Crippen MR) is 96.0 cm³/mol. The minimum Gasteiger partial charge on any atom is -0.327 e. The highest BCUT2D eigenvalue weighted by Gasteiger charge is 2.43. The summed E-state index contributed by atoms with van der Waals surface area (Å²) >= 11 is 0. The molecule has 3 amide bonds. The van der Waals surface area contributed by atoms with Crippen LogP contribution < -0.4 is 10.2 Å². The molecule has 2 aromatic rings. The number of likely N-dealkylation sites (N-methyl/N-ethyl adjacent to an activating group) is 1. The molecule has 0 radical (unpaired) electrons. The Kier molecular flexibility index (Phi) is 3.76. The zero-order chi connectivity index (χ0) is 18.4. The van der Waals surface area contributed by atoms with Crippen LogP contribution >= 0.6 is 0 Å². The molecule has 0 unspecified atom stereocenters. The highest BCUT2D eigenvalue weighted by atomic mass is 19.1. The first kappa shape index (κ1) is 16.3. The second-order valence-electron chi connectivity index (χ2n) is 6.58. The Balaban J connectivity index is 1.75. The van der Waals surface area contributed by atoms with Crippen molar-refractivity contribution in [2.45, 2.75) is 13.0 Å². The fourth-order valence-corrected chi connectivity index (χ4v) is 3.41. The quantitative estimate of drug-likeness (QED) is 0.904. The molecule has 0 saturated carbocycles. The van der Waals surface area contributed by atoms with E-state index in [0.717, 1.165) is 11.1 Å². The Labute approximate surface area is 150 Å². The van der Waals surface area contributed by atoms with E-state index in [1.54, 1.807) is 24.1 Å². The monoisotopic (exact) mass is 351 g/mol. The Hall–Kier alpha value is -3.15. The van der Waals surface area contributed by atoms with Gasteiger partial charge in [0.2, 0.25) is 0 Å². The Morgan fingerprint density at radius 3 is 2.35 bits per heavy atom. The molecule has 4 rings (SSSR count). The van der Waals surface area contributed by atoms with Crippen molar-refractivity contribution < 1.29 is 14.0 Å². The van der Waals surface area contributed by atoms with E-state index in [9.17, 15) is 14.0 Å². The number of amides is 3. The largest absolute Gasteiger partial charge is 0.327 e. The van der Waals surface area contributed by atoms with Crippen molar-refractivity contribution in [2.75, 3.05) is 18.5 Å². The molecule has 0 aliphatic carbocycles. The van der Waals surface area contributed by atoms with Crippen LogP contribution in [0, 0.1) is 12.7 Å². The number of urea groups is 1. The third-order valence-corrected chi connectivity index (χ3v) is 4.91. The van der Waals surface area contributed by atoms with E-state index in [1.807, 2.05) is 31.2 Å². The normalized spacial score (nSPS) is 19.7. The molecule has 1 atom stereocenters. The molecule has 0 aromatic heterocycles. The smallest absolute Gasteiger partial charge is 0.322 e. The highest BCUT2D eigenvalue weighted by molar-refractivity contribution is 6.11. The maximum absolute atomic E-state index is 13.2. The van der Waals surface area contributed by atoms with Gasteiger partial charge in [-0.05, 0) is 36.8 Å². The fraction of sp³-hybridized carbons (Fsp3) is 0.200. The topological polar surface area (TPSA) is 52.7 Å². The van der Waals surface area contributed by atoms with Gasteiger partial charge in [-0.25, -0.2) is 9.18 Å². The lowest BCUT2D eigenvalue weighted by Gasteiger charge is -2.31. The van der Waals surface area contributed by atoms with E-state index in [0.29, 0.717) is 17.0 Å². The first-order chi connectivity index (χ1) is 12.5. The lowest BCUT2D eigenvalue weighted by molar-refractivity contribution is -0.114. The second-order valence-corrected chi connectivity index (χ2v) is 6.58. The Bertz CT molecular complexity index is 919. The van der Waals surface area contributed by atoms with E-state index in [2.05, 4.69) is 5.32 Å². The zero-order valence-electron chi connectivity index (χ0n) is 14.5. The molecule has 1 N–H and O–H groups in total. The van der Waals surface area contributed by atoms with Gasteiger partial charge in [0.25, 0.3) is 5.91 Å². The van der Waals surface area contributed by atoms with Crippen LogP contribution in [0.5, 0.6) is 0 Å². The molecule has 132 valence electrons. The number of carbonyl (C=O) groups excluding carboxylic acids is 2. The molecular weight excluding hydrogens is 333 g/mol. The molecular formula is C20H18FN3O2. The van der Waals surface area contributed by atoms with Gasteiger partial charge in [0, 0.05) is 12.7 Å². The van der Waals surface area contributed by atoms with Crippen LogP contribution in [0.2, 0.25) is 0 Å². The van der Waals surface area contributed by atoms with Gasteiger partial charge in [0.15, 0.2) is 0 Å². The molecule has 2 aromatic carbocycles. The molecule has 26 heavy (non-hydrogen) atoms. The summed E-state index contributed by atoms with van der Waals surface area (Å²) in [5, 5.41) is 2.91. The zero-order valence-corrected chi connectivity index (χ0v) is 14.5. The van der Waals surface area contributed by atoms with Gasteiger partial charge >= 0.3 is 6.03 Å². The van der Waals surface area contributed by atoms with Crippen molar-refractivity contribution in [3.8, 4) is 0 Å². The van der Waals surface area contributed by atoms with E-state index in [1.165, 1.54) is 17.0 Å². The van der Waals surface area contributed by atoms with E-state index >= 15 is 0 Å². The van der Waals surface area contributed by atoms with Gasteiger partial charge in [-0.3, -0.25) is 9.69 Å². The number of nitrogens with zero attached hydrogens (tertiary/aromatic N) is 2. The molecule has 6 heteroatoms. The number of aryl methyl sites for hydroxylation is 1. The standard InChI is InChI=1S/C20H18FN3O2/c1-12-3-5-13(6-4-12)18-17-16(23(2)20(26)22-18)11-24(19(17)25)15-9-7-14(21)8-10-15/h3-10,18H,11H2,1-2H3,(H,22,26)/t18-/m1/s1. The average Bonchev–Trinajstić information content (AvgIpc) is 2.97. The minimum absolute atomic E-state index is 0.177. The van der Waals surface area contributed by atoms with Gasteiger partial charge in [-0.15, -0.1) is 0 Å². The van der Waals surface area contributed by atoms with Crippen molar-refractivity contribution in [1.29, 1.82) is 0 Å². The molecule has 2 heterocycles. The second kappa shape index (κ2) is 5.98. The van der Waals surface area contributed by atoms with Gasteiger partial charge in [0.05, 0.1) is 23.9 Å². The molecule has 0 bridgehead atoms. The van der Waals surface area contributed by atoms with Crippen molar-refractivity contribution in [3.63, 3.8) is 0 Å². The lowest BCUT2D eigenvalue weighted by Crippen LogP contribution is -2.45. The van der Waals surface area contributed by atoms with Crippen LogP contribution in [0.3, 0.4) is 0 Å². The van der Waals surface area contributed by atoms with Crippen LogP contribution in [-0.2, 0) is 4.79 Å². The molecule has 5 nitrogen and oxygen atoms in total. The number of nitrogens with one attached hydrogen (secondary N) is 1. The summed E-state index contributed by atoms with van der Waals surface area (Å²) in [4.78, 5) is 28.6. The summed E-state index contributed by atoms with van der Waals surface area (Å²) in [6.07, 6.45) is 0. The average molecular weight is 351 g/mol. The number of hydrogen-bond donors (Lipinski definition) is 1. The van der Waals surface area contributed by atoms with Crippen LogP contribution in [0.25, 0.3) is 0 Å². The summed E-state index contributed by atoms with van der Waals surface area (Å²) in [6, 6.07) is 12.8. The number of benzene rings is 2. The van der Waals surface area contributed by atoms with Crippen molar-refractivity contribution >= 4 is 17.6 Å². The number of carbonyl (C=O) groups is 2. The molecule has 0 fully saturated rings. The Morgan fingerprint density at radius 1 is 1.04 bits per heavy atom. The predicted octanol–water partition coefficient (Wildman–Crippen LogP) is 3.13. The van der Waals surface area contributed by atoms with Crippen LogP contribution in [-0.4, -0.2) is 30.4 Å². The van der Waals surface area contributed by atoms with Crippen LogP contribution in [0.15, 0.2) is 59.8 Å². The third-order valence-electron chi connectivity index (χ3n) is 4.91. The maximum Gasteiger partial charge on any atom is 0.322 e. The van der Waals surface area contributed by atoms with Gasteiger partial charge in [-0.2, -0.15) is 0 Å². The summed E-state index contributed by atoms with van der Waals surface area (Å²) in [5.41, 5.74) is 3.80. The number of hydrogen-bond acceptors (Lipinski definition) is 2. The first-order valence-corrected chi connectivity index (χ1v) is 8.37. The first-order valence-electron chi connectivity index (χ1n) is 8.37. The van der Waals surface area contributed by atoms with Gasteiger partial charge in [0.1, 0.15) is 5.82 Å². The molecule has 2 aliphatic heterocycles. The van der Waals surface area contributed by atoms with Crippen molar-refractivity contribution in [3.05, 3.63) is 76.7 Å². The summed E-state index contributed by atoms with van der Waals surface area (Å²) in [5.74, 6) is -0.534. The van der Waals surface area contributed by atoms with Crippen molar-refractivity contribution in [2.24, 2.45) is 0 Å². The highest BCUT2D eigenvalue weighted by Crippen LogP contribution is 2.37. The van der Waals surface area contributed by atoms with Gasteiger partial charge in [-0.1, -0.05) is 29.8 Å². The van der Waals surface area contributed by atoms with Crippen LogP contribution in [0.4, 0.5) is 14.9 Å². The number of anilines is 1. The van der Waals surface area contributed by atoms with Gasteiger partial charge < -0.3 is 10.2 Å². The molecule has 0 saturated heterocycles. The minimum atomic E-state index is -0.493. The molecule has 2 aliphatic rings. The molecule has 0 spiro atoms. The Morgan fingerprint density at radius 2 is 1.69 bits per heavy atom. The van der Waals surface area contributed by atoms with E-state index in [-0.39, 0.29) is 24.3 Å². The SMILES string of the molecule is Cc1ccc([C@H]2NC(=O)N(C)C3=C2C(=O)N(c2ccc(F)cc2)C3)cc1. The van der Waals surface area contributed by atoms with Crippen molar-refractivity contribution in [1.82, 2.24) is 10.2 Å². The maximum atomic E-state index is 13.2. The van der Waals surface area contributed by atoms with E-state index < -0.39 is 6.04 Å². The summed E-state index contributed by atoms with van der Waals surface area (Å²) in [6.45, 7) is 2.27. The third kappa shape index (κ3) is 2.54. The summed E-state index contributed by atoms with van der Waals surface area (Å²) in [7, 11) is 1.65. The summed E-state index contributed by atoms with van der Waals surface area (Å²) < 4.78 is 13.2. The fourth-order valence-electron chi connectivity index (χ4n) is 3.41. The number of rotatable bonds is 2. The van der Waals surface area contributed by atoms with E-state index in [4.69, 9.17) is 0 Å². The lowest BCUT2D eigenvalue weighted by atomic mass is 9.95. The van der Waals surface area contributed by atoms with Crippen LogP contribution in [0.1, 0.15) is 17.2 Å². The number of halogens is 1.